The standard InChI is InChI=1S/C26H36N4O4/c1-17(2)18(3)28-11-13-29(14-12-28)24(31)20-7-5-19(6-8-20)16-30-25(32)22-15-21(34-4)9-10-23(22)27-26(30)33/h9-10,15,17,19-20H,3,5-8,11-14,16H2,1-2,4H3,(H,27,33)/t19-,20-. The zero-order chi connectivity index (χ0) is 24.4. The molecule has 1 saturated carbocycles. The van der Waals surface area contributed by atoms with Crippen LogP contribution in [0.2, 0.25) is 0 Å². The van der Waals surface area contributed by atoms with Gasteiger partial charge in [-0.25, -0.2) is 4.79 Å². The summed E-state index contributed by atoms with van der Waals surface area (Å²) < 4.78 is 6.53. The van der Waals surface area contributed by atoms with Crippen molar-refractivity contribution in [3.05, 3.63) is 51.3 Å². The van der Waals surface area contributed by atoms with E-state index < -0.39 is 0 Å². The molecule has 8 heteroatoms. The van der Waals surface area contributed by atoms with Gasteiger partial charge in [0.25, 0.3) is 5.56 Å². The number of hydrogen-bond donors (Lipinski definition) is 1. The van der Waals surface area contributed by atoms with Crippen LogP contribution in [0.15, 0.2) is 40.1 Å². The molecule has 2 fully saturated rings. The van der Waals surface area contributed by atoms with E-state index in [1.807, 2.05) is 4.90 Å². The Labute approximate surface area is 200 Å². The van der Waals surface area contributed by atoms with Gasteiger partial charge in [-0.15, -0.1) is 0 Å². The fourth-order valence-electron chi connectivity index (χ4n) is 5.21. The van der Waals surface area contributed by atoms with Crippen LogP contribution in [0.3, 0.4) is 0 Å². The third-order valence-corrected chi connectivity index (χ3v) is 7.49. The maximum atomic E-state index is 13.1. The minimum atomic E-state index is -0.387. The zero-order valence-corrected chi connectivity index (χ0v) is 20.5. The summed E-state index contributed by atoms with van der Waals surface area (Å²) in [4.78, 5) is 45.8. The Morgan fingerprint density at radius 3 is 2.35 bits per heavy atom. The van der Waals surface area contributed by atoms with E-state index in [-0.39, 0.29) is 29.0 Å². The molecule has 1 N–H and O–H groups in total. The lowest BCUT2D eigenvalue weighted by atomic mass is 9.81. The minimum absolute atomic E-state index is 0.0342. The SMILES string of the molecule is C=C(C(C)C)N1CCN(C(=O)[C@H]2CC[C@H](Cn3c(=O)[nH]c4ccc(OC)cc4c3=O)CC2)CC1. The molecule has 0 spiro atoms. The number of methoxy groups -OCH3 is 1. The Kier molecular flexibility index (Phi) is 7.14. The lowest BCUT2D eigenvalue weighted by molar-refractivity contribution is -0.138. The highest BCUT2D eigenvalue weighted by molar-refractivity contribution is 5.79. The molecular formula is C26H36N4O4. The third-order valence-electron chi connectivity index (χ3n) is 7.49. The molecule has 1 saturated heterocycles. The van der Waals surface area contributed by atoms with E-state index in [2.05, 4.69) is 30.3 Å². The molecule has 0 unspecified atom stereocenters. The van der Waals surface area contributed by atoms with Crippen LogP contribution < -0.4 is 16.0 Å². The number of allylic oxidation sites excluding steroid dienone is 1. The van der Waals surface area contributed by atoms with Crippen LogP contribution in [0.4, 0.5) is 0 Å². The van der Waals surface area contributed by atoms with Crippen molar-refractivity contribution >= 4 is 16.8 Å². The molecule has 2 aromatic rings. The summed E-state index contributed by atoms with van der Waals surface area (Å²) in [5, 5.41) is 0.446. The number of aromatic nitrogens is 2. The third kappa shape index (κ3) is 4.91. The van der Waals surface area contributed by atoms with Crippen LogP contribution in [0.25, 0.3) is 10.9 Å². The van der Waals surface area contributed by atoms with Crippen LogP contribution in [-0.4, -0.2) is 58.5 Å². The number of amides is 1. The van der Waals surface area contributed by atoms with Gasteiger partial charge in [-0.1, -0.05) is 20.4 Å². The van der Waals surface area contributed by atoms with E-state index in [1.165, 1.54) is 4.57 Å². The van der Waals surface area contributed by atoms with Crippen molar-refractivity contribution in [2.75, 3.05) is 33.3 Å². The second kappa shape index (κ2) is 10.1. The van der Waals surface area contributed by atoms with Crippen molar-refractivity contribution in [1.82, 2.24) is 19.4 Å². The van der Waals surface area contributed by atoms with Gasteiger partial charge in [0.1, 0.15) is 5.75 Å². The molecule has 4 rings (SSSR count). The second-order valence-corrected chi connectivity index (χ2v) is 9.93. The maximum absolute atomic E-state index is 13.1. The highest BCUT2D eigenvalue weighted by Crippen LogP contribution is 2.31. The number of carbonyl (C=O) groups is 1. The Morgan fingerprint density at radius 1 is 1.09 bits per heavy atom. The number of ether oxygens (including phenoxy) is 1. The molecule has 2 aliphatic rings. The first-order valence-electron chi connectivity index (χ1n) is 12.3. The van der Waals surface area contributed by atoms with Crippen LogP contribution in [0.5, 0.6) is 5.75 Å². The number of piperazine rings is 1. The molecule has 34 heavy (non-hydrogen) atoms. The number of carbonyl (C=O) groups excluding carboxylic acids is 1. The number of nitrogens with one attached hydrogen (secondary N) is 1. The van der Waals surface area contributed by atoms with Gasteiger partial charge in [-0.2, -0.15) is 0 Å². The van der Waals surface area contributed by atoms with E-state index in [9.17, 15) is 14.4 Å². The summed E-state index contributed by atoms with van der Waals surface area (Å²) in [6.45, 7) is 12.0. The van der Waals surface area contributed by atoms with Gasteiger partial charge >= 0.3 is 5.69 Å². The summed E-state index contributed by atoms with van der Waals surface area (Å²) in [5.74, 6) is 1.49. The molecule has 1 aliphatic heterocycles. The zero-order valence-electron chi connectivity index (χ0n) is 20.5. The molecule has 0 bridgehead atoms. The molecule has 184 valence electrons. The van der Waals surface area contributed by atoms with Crippen molar-refractivity contribution in [2.24, 2.45) is 17.8 Å². The molecule has 0 radical (unpaired) electrons. The van der Waals surface area contributed by atoms with Crippen molar-refractivity contribution in [2.45, 2.75) is 46.1 Å². The smallest absolute Gasteiger partial charge is 0.328 e. The Balaban J connectivity index is 1.35. The Bertz CT molecular complexity index is 1170. The summed E-state index contributed by atoms with van der Waals surface area (Å²) >= 11 is 0. The number of benzene rings is 1. The molecular weight excluding hydrogens is 432 g/mol. The van der Waals surface area contributed by atoms with E-state index in [1.54, 1.807) is 25.3 Å². The molecule has 2 heterocycles. The van der Waals surface area contributed by atoms with Crippen molar-refractivity contribution in [3.63, 3.8) is 0 Å². The van der Waals surface area contributed by atoms with Gasteiger partial charge in [-0.3, -0.25) is 14.2 Å². The fraction of sp³-hybridized carbons (Fsp3) is 0.577. The number of fused-ring (bicyclic) bond motifs is 1. The van der Waals surface area contributed by atoms with E-state index >= 15 is 0 Å². The summed E-state index contributed by atoms with van der Waals surface area (Å²) in [7, 11) is 1.55. The summed E-state index contributed by atoms with van der Waals surface area (Å²) in [6, 6.07) is 5.08. The van der Waals surface area contributed by atoms with Crippen molar-refractivity contribution < 1.29 is 9.53 Å². The molecule has 1 aromatic carbocycles. The molecule has 8 nitrogen and oxygen atoms in total. The fourth-order valence-corrected chi connectivity index (χ4v) is 5.21. The van der Waals surface area contributed by atoms with Gasteiger partial charge in [0.2, 0.25) is 5.91 Å². The Morgan fingerprint density at radius 2 is 1.74 bits per heavy atom. The summed E-state index contributed by atoms with van der Waals surface area (Å²) in [6.07, 6.45) is 3.28. The summed E-state index contributed by atoms with van der Waals surface area (Å²) in [5.41, 5.74) is 0.974. The minimum Gasteiger partial charge on any atom is -0.497 e. The predicted molar refractivity (Wildman–Crippen MR) is 133 cm³/mol. The van der Waals surface area contributed by atoms with Gasteiger partial charge in [0, 0.05) is 44.3 Å². The first-order chi connectivity index (χ1) is 16.3. The Hall–Kier alpha value is -3.03. The average molecular weight is 469 g/mol. The maximum Gasteiger partial charge on any atom is 0.328 e. The molecule has 1 amide bonds. The highest BCUT2D eigenvalue weighted by atomic mass is 16.5. The molecule has 1 aromatic heterocycles. The largest absolute Gasteiger partial charge is 0.497 e. The molecule has 1 aliphatic carbocycles. The lowest BCUT2D eigenvalue weighted by Crippen LogP contribution is -2.50. The topological polar surface area (TPSA) is 87.6 Å². The quantitative estimate of drug-likeness (QED) is 0.704. The monoisotopic (exact) mass is 468 g/mol. The van der Waals surface area contributed by atoms with Crippen molar-refractivity contribution in [3.8, 4) is 5.75 Å². The number of hydrogen-bond acceptors (Lipinski definition) is 5. The number of rotatable bonds is 6. The van der Waals surface area contributed by atoms with E-state index in [4.69, 9.17) is 4.74 Å². The average Bonchev–Trinajstić information content (AvgIpc) is 2.86. The lowest BCUT2D eigenvalue weighted by Gasteiger charge is -2.40. The van der Waals surface area contributed by atoms with Crippen LogP contribution in [0.1, 0.15) is 39.5 Å². The van der Waals surface area contributed by atoms with Gasteiger partial charge in [0.15, 0.2) is 0 Å². The second-order valence-electron chi connectivity index (χ2n) is 9.93. The molecule has 0 atom stereocenters. The number of nitrogens with zero attached hydrogens (tertiary/aromatic N) is 3. The predicted octanol–water partition coefficient (Wildman–Crippen LogP) is 2.82. The van der Waals surface area contributed by atoms with Gasteiger partial charge < -0.3 is 19.5 Å². The first-order valence-corrected chi connectivity index (χ1v) is 12.3. The first kappa shape index (κ1) is 24.1. The van der Waals surface area contributed by atoms with E-state index in [0.717, 1.165) is 57.6 Å². The van der Waals surface area contributed by atoms with Crippen LogP contribution in [0, 0.1) is 17.8 Å². The van der Waals surface area contributed by atoms with Crippen LogP contribution in [-0.2, 0) is 11.3 Å². The normalized spacial score (nSPS) is 21.2. The highest BCUT2D eigenvalue weighted by Gasteiger charge is 2.32. The van der Waals surface area contributed by atoms with Crippen molar-refractivity contribution in [1.29, 1.82) is 0 Å². The van der Waals surface area contributed by atoms with Gasteiger partial charge in [-0.05, 0) is 55.7 Å². The number of aromatic amines is 1. The van der Waals surface area contributed by atoms with E-state index in [0.29, 0.717) is 29.1 Å². The number of H-pyrrole nitrogens is 1. The van der Waals surface area contributed by atoms with Gasteiger partial charge in [0.05, 0.1) is 18.0 Å². The van der Waals surface area contributed by atoms with Crippen LogP contribution >= 0.6 is 0 Å².